The van der Waals surface area contributed by atoms with Crippen molar-refractivity contribution >= 4 is 15.9 Å². The van der Waals surface area contributed by atoms with Gasteiger partial charge < -0.3 is 14.7 Å². The lowest BCUT2D eigenvalue weighted by Gasteiger charge is -2.10. The van der Waals surface area contributed by atoms with Crippen LogP contribution >= 0.6 is 0 Å². The molecule has 0 aliphatic carbocycles. The van der Waals surface area contributed by atoms with E-state index in [9.17, 15) is 13.2 Å². The quantitative estimate of drug-likeness (QED) is 0.820. The van der Waals surface area contributed by atoms with Gasteiger partial charge in [0.2, 0.25) is 17.4 Å². The molecule has 2 N–H and O–H groups in total. The monoisotopic (exact) mass is 362 g/mol. The van der Waals surface area contributed by atoms with Crippen LogP contribution in [-0.2, 0) is 29.5 Å². The van der Waals surface area contributed by atoms with E-state index in [0.717, 1.165) is 5.56 Å². The number of hydrogen-bond acceptors (Lipinski definition) is 6. The molecular weight excluding hydrogens is 342 g/mol. The minimum atomic E-state index is -4.99. The van der Waals surface area contributed by atoms with Gasteiger partial charge in [-0.15, -0.1) is 0 Å². The van der Waals surface area contributed by atoms with E-state index in [1.54, 1.807) is 25.1 Å². The summed E-state index contributed by atoms with van der Waals surface area (Å²) in [4.78, 5) is 12.7. The van der Waals surface area contributed by atoms with Gasteiger partial charge in [-0.1, -0.05) is 60.2 Å². The van der Waals surface area contributed by atoms with Crippen LogP contribution in [0, 0.1) is 6.92 Å². The highest BCUT2D eigenvalue weighted by Crippen LogP contribution is 2.33. The number of rotatable bonds is 5. The number of benzene rings is 2. The third-order valence-corrected chi connectivity index (χ3v) is 4.21. The first-order valence-corrected chi connectivity index (χ1v) is 8.70. The molecule has 2 aromatic carbocycles. The molecule has 0 radical (unpaired) electrons. The molecule has 7 heteroatoms. The second-order valence-corrected chi connectivity index (χ2v) is 6.61. The number of carbonyl (C=O) groups excluding carboxylic acids is 1. The minimum Gasteiger partial charge on any atom is -0.460 e. The number of ether oxygens (including phenoxy) is 1. The van der Waals surface area contributed by atoms with Gasteiger partial charge in [0.25, 0.3) is 0 Å². The summed E-state index contributed by atoms with van der Waals surface area (Å²) in [6.45, 7) is 1.75. The van der Waals surface area contributed by atoms with Crippen LogP contribution in [0.5, 0.6) is 0 Å². The number of carbonyl (C=O) groups is 1. The van der Waals surface area contributed by atoms with Crippen molar-refractivity contribution in [2.75, 3.05) is 0 Å². The van der Waals surface area contributed by atoms with E-state index in [4.69, 9.17) is 18.8 Å². The Morgan fingerprint density at radius 1 is 1.24 bits per heavy atom. The molecule has 2 aromatic rings. The van der Waals surface area contributed by atoms with Gasteiger partial charge in [0.05, 0.1) is 4.11 Å². The summed E-state index contributed by atoms with van der Waals surface area (Å²) in [6.07, 6.45) is -2.32. The topological polar surface area (TPSA) is 95.7 Å². The predicted octanol–water partition coefficient (Wildman–Crippen LogP) is 2.31. The second-order valence-electron chi connectivity index (χ2n) is 5.33. The molecule has 1 heterocycles. The lowest BCUT2D eigenvalue weighted by molar-refractivity contribution is -0.123. The summed E-state index contributed by atoms with van der Waals surface area (Å²) in [5.41, 5.74) is 3.36. The maximum Gasteiger partial charge on any atom is 0.313 e. The number of aryl methyl sites for hydroxylation is 1. The van der Waals surface area contributed by atoms with E-state index in [-0.39, 0.29) is 11.1 Å². The highest BCUT2D eigenvalue weighted by atomic mass is 32.2. The summed E-state index contributed by atoms with van der Waals surface area (Å²) in [5.74, 6) is -2.76. The molecule has 0 fully saturated rings. The fourth-order valence-corrected chi connectivity index (χ4v) is 3.10. The molecule has 0 spiro atoms. The van der Waals surface area contributed by atoms with Gasteiger partial charge in [-0.05, 0) is 12.5 Å². The minimum absolute atomic E-state index is 0.141. The van der Waals surface area contributed by atoms with Gasteiger partial charge >= 0.3 is 10.1 Å². The smallest absolute Gasteiger partial charge is 0.313 e. The zero-order valence-electron chi connectivity index (χ0n) is 16.2. The standard InChI is InChI=1S/C18H17NO5S/c1-12-6-5-9-14(10-12)16-15(20)17(18(19)23-16)24-25(21,22)11-13-7-3-2-4-8-13/h2-10,16H,11,19H2,1H3/i11D2,16D. The molecule has 1 aliphatic rings. The van der Waals surface area contributed by atoms with Crippen LogP contribution in [0.15, 0.2) is 66.2 Å². The predicted molar refractivity (Wildman–Crippen MR) is 91.4 cm³/mol. The van der Waals surface area contributed by atoms with Crippen molar-refractivity contribution in [2.24, 2.45) is 5.73 Å². The number of nitrogens with two attached hydrogens (primary N) is 1. The molecule has 0 amide bonds. The van der Waals surface area contributed by atoms with Gasteiger partial charge in [0, 0.05) is 5.56 Å². The molecule has 6 nitrogen and oxygen atoms in total. The van der Waals surface area contributed by atoms with Gasteiger partial charge in [-0.2, -0.15) is 8.42 Å². The fraction of sp³-hybridized carbons (Fsp3) is 0.167. The van der Waals surface area contributed by atoms with Crippen LogP contribution in [0.25, 0.3) is 0 Å². The average molecular weight is 362 g/mol. The van der Waals surface area contributed by atoms with Crippen LogP contribution in [0.2, 0.25) is 0 Å². The molecule has 0 saturated carbocycles. The Bertz CT molecular complexity index is 1070. The van der Waals surface area contributed by atoms with Crippen molar-refractivity contribution in [3.63, 3.8) is 0 Å². The Morgan fingerprint density at radius 2 is 1.96 bits per heavy atom. The van der Waals surface area contributed by atoms with E-state index in [2.05, 4.69) is 0 Å². The number of ketones is 1. The zero-order chi connectivity index (χ0) is 20.7. The summed E-state index contributed by atoms with van der Waals surface area (Å²) < 4.78 is 59.2. The first-order chi connectivity index (χ1) is 13.0. The first kappa shape index (κ1) is 13.5. The van der Waals surface area contributed by atoms with Crippen molar-refractivity contribution in [1.82, 2.24) is 0 Å². The molecule has 0 saturated heterocycles. The SMILES string of the molecule is [2H]C1(c2cccc(C)c2)OC(N)=C(OS(=O)(=O)C([2H])([2H])c2ccccc2)C1=O. The van der Waals surface area contributed by atoms with E-state index in [0.29, 0.717) is 0 Å². The van der Waals surface area contributed by atoms with Crippen LogP contribution in [0.4, 0.5) is 0 Å². The molecule has 3 rings (SSSR count). The third-order valence-electron chi connectivity index (χ3n) is 3.34. The Kier molecular flexibility index (Phi) is 3.56. The van der Waals surface area contributed by atoms with E-state index in [1.807, 2.05) is 0 Å². The molecule has 0 aromatic heterocycles. The number of Topliss-reactive ketones (excluding diaryl/α,β-unsaturated/α-hetero) is 1. The summed E-state index contributed by atoms with van der Waals surface area (Å²) in [7, 11) is -4.99. The summed E-state index contributed by atoms with van der Waals surface area (Å²) in [6, 6.07) is 13.4. The van der Waals surface area contributed by atoms with Gasteiger partial charge in [0.15, 0.2) is 6.08 Å². The van der Waals surface area contributed by atoms with Crippen LogP contribution in [-0.4, -0.2) is 14.2 Å². The van der Waals surface area contributed by atoms with Crippen molar-refractivity contribution < 1.29 is 26.2 Å². The summed E-state index contributed by atoms with van der Waals surface area (Å²) >= 11 is 0. The molecule has 1 unspecified atom stereocenters. The van der Waals surface area contributed by atoms with E-state index < -0.39 is 39.3 Å². The Hall–Kier alpha value is -2.80. The molecular formula is C18H17NO5S. The second kappa shape index (κ2) is 6.60. The molecule has 130 valence electrons. The van der Waals surface area contributed by atoms with Crippen molar-refractivity contribution in [1.29, 1.82) is 0 Å². The van der Waals surface area contributed by atoms with Gasteiger partial charge in [-0.3, -0.25) is 4.79 Å². The lowest BCUT2D eigenvalue weighted by Crippen LogP contribution is -2.16. The lowest BCUT2D eigenvalue weighted by atomic mass is 10.0. The zero-order valence-corrected chi connectivity index (χ0v) is 14.0. The number of hydrogen-bond donors (Lipinski definition) is 1. The van der Waals surface area contributed by atoms with Crippen LogP contribution in [0.3, 0.4) is 0 Å². The Balaban J connectivity index is 1.94. The maximum atomic E-state index is 12.7. The highest BCUT2D eigenvalue weighted by Gasteiger charge is 2.39. The first-order valence-electron chi connectivity index (χ1n) is 8.79. The molecule has 0 bridgehead atoms. The molecule has 1 atom stereocenters. The highest BCUT2D eigenvalue weighted by molar-refractivity contribution is 7.86. The Labute approximate surface area is 150 Å². The van der Waals surface area contributed by atoms with Crippen molar-refractivity contribution in [2.45, 2.75) is 18.7 Å². The van der Waals surface area contributed by atoms with E-state index >= 15 is 0 Å². The van der Waals surface area contributed by atoms with Crippen molar-refractivity contribution in [3.05, 3.63) is 82.9 Å². The third kappa shape index (κ3) is 3.83. The van der Waals surface area contributed by atoms with Gasteiger partial charge in [0.1, 0.15) is 5.70 Å². The molecule has 25 heavy (non-hydrogen) atoms. The van der Waals surface area contributed by atoms with E-state index in [1.165, 1.54) is 36.4 Å². The normalized spacial score (nSPS) is 22.8. The largest absolute Gasteiger partial charge is 0.460 e. The summed E-state index contributed by atoms with van der Waals surface area (Å²) in [5, 5.41) is 0. The average Bonchev–Trinajstić information content (AvgIpc) is 2.86. The van der Waals surface area contributed by atoms with Gasteiger partial charge in [-0.25, -0.2) is 0 Å². The fourth-order valence-electron chi connectivity index (χ4n) is 2.25. The van der Waals surface area contributed by atoms with Crippen LogP contribution < -0.4 is 5.73 Å². The Morgan fingerprint density at radius 3 is 2.64 bits per heavy atom. The maximum absolute atomic E-state index is 12.7. The van der Waals surface area contributed by atoms with Crippen molar-refractivity contribution in [3.8, 4) is 0 Å². The van der Waals surface area contributed by atoms with Crippen LogP contribution in [0.1, 0.15) is 26.9 Å². The molecule has 1 aliphatic heterocycles.